The molecule has 0 unspecified atom stereocenters. The fourth-order valence-corrected chi connectivity index (χ4v) is 2.34. The van der Waals surface area contributed by atoms with E-state index in [0.29, 0.717) is 4.31 Å². The Bertz CT molecular complexity index is 513. The van der Waals surface area contributed by atoms with Gasteiger partial charge in [0.15, 0.2) is 0 Å². The molecular formula is C10H14N2O4S. The van der Waals surface area contributed by atoms with Gasteiger partial charge in [0.05, 0.1) is 12.3 Å². The van der Waals surface area contributed by atoms with Crippen LogP contribution in [0.25, 0.3) is 0 Å². The zero-order chi connectivity index (χ0) is 13.1. The number of hydrogen-bond donors (Lipinski definition) is 1. The van der Waals surface area contributed by atoms with Gasteiger partial charge in [-0.2, -0.15) is 0 Å². The standard InChI is InChI=1S/C10H14N2O4S/c1-3-16-10(13)12(2)17(14,15)9-7-5-4-6-8(9)11/h4-7H,3,11H2,1-2H3. The molecule has 1 aromatic rings. The van der Waals surface area contributed by atoms with E-state index >= 15 is 0 Å². The van der Waals surface area contributed by atoms with E-state index in [0.717, 1.165) is 7.05 Å². The molecule has 0 atom stereocenters. The molecule has 0 radical (unpaired) electrons. The van der Waals surface area contributed by atoms with Crippen LogP contribution in [0, 0.1) is 0 Å². The van der Waals surface area contributed by atoms with Crippen molar-refractivity contribution in [3.8, 4) is 0 Å². The summed E-state index contributed by atoms with van der Waals surface area (Å²) in [6.07, 6.45) is -0.934. The van der Waals surface area contributed by atoms with Gasteiger partial charge in [-0.3, -0.25) is 0 Å². The lowest BCUT2D eigenvalue weighted by Gasteiger charge is -2.17. The van der Waals surface area contributed by atoms with E-state index < -0.39 is 16.1 Å². The lowest BCUT2D eigenvalue weighted by Crippen LogP contribution is -2.34. The summed E-state index contributed by atoms with van der Waals surface area (Å²) in [6.45, 7) is 1.69. The summed E-state index contributed by atoms with van der Waals surface area (Å²) < 4.78 is 29.2. The van der Waals surface area contributed by atoms with Crippen LogP contribution in [0.3, 0.4) is 0 Å². The molecule has 17 heavy (non-hydrogen) atoms. The van der Waals surface area contributed by atoms with Gasteiger partial charge in [0.1, 0.15) is 4.90 Å². The van der Waals surface area contributed by atoms with Crippen molar-refractivity contribution in [2.24, 2.45) is 0 Å². The van der Waals surface area contributed by atoms with Crippen molar-refractivity contribution < 1.29 is 17.9 Å². The van der Waals surface area contributed by atoms with E-state index in [2.05, 4.69) is 4.74 Å². The normalized spacial score (nSPS) is 10.9. The zero-order valence-corrected chi connectivity index (χ0v) is 10.4. The molecule has 0 aliphatic rings. The Morgan fingerprint density at radius 3 is 2.53 bits per heavy atom. The maximum absolute atomic E-state index is 12.0. The second-order valence-corrected chi connectivity index (χ2v) is 5.15. The molecule has 1 aromatic carbocycles. The summed E-state index contributed by atoms with van der Waals surface area (Å²) in [4.78, 5) is 11.2. The average Bonchev–Trinajstić information content (AvgIpc) is 2.28. The SMILES string of the molecule is CCOC(=O)N(C)S(=O)(=O)c1ccccc1N. The Morgan fingerprint density at radius 1 is 1.41 bits per heavy atom. The first kappa shape index (κ1) is 13.3. The number of anilines is 1. The second-order valence-electron chi connectivity index (χ2n) is 3.21. The summed E-state index contributed by atoms with van der Waals surface area (Å²) in [7, 11) is -2.83. The van der Waals surface area contributed by atoms with Crippen LogP contribution in [0.5, 0.6) is 0 Å². The van der Waals surface area contributed by atoms with E-state index in [4.69, 9.17) is 5.73 Å². The number of amides is 1. The number of ether oxygens (including phenoxy) is 1. The van der Waals surface area contributed by atoms with Gasteiger partial charge in [0, 0.05) is 7.05 Å². The van der Waals surface area contributed by atoms with Crippen molar-refractivity contribution in [2.45, 2.75) is 11.8 Å². The van der Waals surface area contributed by atoms with Crippen molar-refractivity contribution in [1.82, 2.24) is 4.31 Å². The van der Waals surface area contributed by atoms with E-state index in [1.54, 1.807) is 13.0 Å². The number of sulfonamides is 1. The minimum Gasteiger partial charge on any atom is -0.449 e. The summed E-state index contributed by atoms with van der Waals surface area (Å²) in [6, 6.07) is 5.92. The molecule has 0 aromatic heterocycles. The maximum Gasteiger partial charge on any atom is 0.423 e. The predicted octanol–water partition coefficient (Wildman–Crippen LogP) is 1.05. The highest BCUT2D eigenvalue weighted by Crippen LogP contribution is 2.21. The third kappa shape index (κ3) is 2.68. The second kappa shape index (κ2) is 5.05. The van der Waals surface area contributed by atoms with Crippen LogP contribution in [0.1, 0.15) is 6.92 Å². The molecule has 1 rings (SSSR count). The number of hydrogen-bond acceptors (Lipinski definition) is 5. The van der Waals surface area contributed by atoms with Gasteiger partial charge in [-0.15, -0.1) is 0 Å². The number of carbonyl (C=O) groups excluding carboxylic acids is 1. The van der Waals surface area contributed by atoms with Gasteiger partial charge in [0.25, 0.3) is 10.0 Å². The third-order valence-corrected chi connectivity index (χ3v) is 3.88. The topological polar surface area (TPSA) is 89.7 Å². The number of nitrogen functional groups attached to an aromatic ring is 1. The highest BCUT2D eigenvalue weighted by molar-refractivity contribution is 7.89. The predicted molar refractivity (Wildman–Crippen MR) is 62.8 cm³/mol. The van der Waals surface area contributed by atoms with Crippen LogP contribution in [0.2, 0.25) is 0 Å². The number of nitrogens with two attached hydrogens (primary N) is 1. The Balaban J connectivity index is 3.12. The van der Waals surface area contributed by atoms with E-state index in [1.807, 2.05) is 0 Å². The minimum absolute atomic E-state index is 0.0867. The Morgan fingerprint density at radius 2 is 2.00 bits per heavy atom. The molecule has 0 bridgehead atoms. The molecule has 94 valence electrons. The van der Waals surface area contributed by atoms with Crippen molar-refractivity contribution in [2.75, 3.05) is 19.4 Å². The number of benzene rings is 1. The van der Waals surface area contributed by atoms with Crippen LogP contribution in [-0.2, 0) is 14.8 Å². The molecule has 0 aliphatic heterocycles. The van der Waals surface area contributed by atoms with Gasteiger partial charge in [-0.05, 0) is 19.1 Å². The smallest absolute Gasteiger partial charge is 0.423 e. The van der Waals surface area contributed by atoms with Crippen LogP contribution in [0.15, 0.2) is 29.2 Å². The first-order valence-electron chi connectivity index (χ1n) is 4.91. The van der Waals surface area contributed by atoms with E-state index in [9.17, 15) is 13.2 Å². The summed E-state index contributed by atoms with van der Waals surface area (Å²) >= 11 is 0. The number of rotatable bonds is 3. The van der Waals surface area contributed by atoms with Gasteiger partial charge in [-0.25, -0.2) is 17.5 Å². The zero-order valence-electron chi connectivity index (χ0n) is 9.58. The Kier molecular flexibility index (Phi) is 3.95. The molecule has 0 aliphatic carbocycles. The van der Waals surface area contributed by atoms with Crippen LogP contribution < -0.4 is 5.73 Å². The van der Waals surface area contributed by atoms with Crippen molar-refractivity contribution in [3.05, 3.63) is 24.3 Å². The van der Waals surface area contributed by atoms with Crippen LogP contribution in [-0.4, -0.2) is 32.5 Å². The lowest BCUT2D eigenvalue weighted by molar-refractivity contribution is 0.136. The summed E-state index contributed by atoms with van der Waals surface area (Å²) in [5, 5.41) is 0. The Labute approximate surface area is 100 Å². The third-order valence-electron chi connectivity index (χ3n) is 2.08. The first-order valence-corrected chi connectivity index (χ1v) is 6.35. The van der Waals surface area contributed by atoms with Gasteiger partial charge < -0.3 is 10.5 Å². The molecule has 0 spiro atoms. The fourth-order valence-electron chi connectivity index (χ4n) is 1.18. The highest BCUT2D eigenvalue weighted by atomic mass is 32.2. The molecule has 1 amide bonds. The molecule has 0 saturated heterocycles. The minimum atomic E-state index is -3.96. The number of nitrogens with zero attached hydrogens (tertiary/aromatic N) is 1. The van der Waals surface area contributed by atoms with E-state index in [-0.39, 0.29) is 17.2 Å². The van der Waals surface area contributed by atoms with Gasteiger partial charge in [0.2, 0.25) is 0 Å². The maximum atomic E-state index is 12.0. The largest absolute Gasteiger partial charge is 0.449 e. The summed E-state index contributed by atoms with van der Waals surface area (Å²) in [5.41, 5.74) is 5.65. The van der Waals surface area contributed by atoms with Gasteiger partial charge >= 0.3 is 6.09 Å². The molecule has 0 heterocycles. The molecule has 0 saturated carbocycles. The molecular weight excluding hydrogens is 244 g/mol. The first-order chi connectivity index (χ1) is 7.91. The molecule has 2 N–H and O–H groups in total. The molecule has 6 nitrogen and oxygen atoms in total. The van der Waals surface area contributed by atoms with Crippen molar-refractivity contribution in [1.29, 1.82) is 0 Å². The van der Waals surface area contributed by atoms with Gasteiger partial charge in [-0.1, -0.05) is 12.1 Å². The average molecular weight is 258 g/mol. The lowest BCUT2D eigenvalue weighted by atomic mass is 10.3. The van der Waals surface area contributed by atoms with Crippen molar-refractivity contribution in [3.63, 3.8) is 0 Å². The van der Waals surface area contributed by atoms with Crippen LogP contribution in [0.4, 0.5) is 10.5 Å². The fraction of sp³-hybridized carbons (Fsp3) is 0.300. The number of para-hydroxylation sites is 1. The summed E-state index contributed by atoms with van der Waals surface area (Å²) in [5.74, 6) is 0. The van der Waals surface area contributed by atoms with Crippen LogP contribution >= 0.6 is 0 Å². The molecule has 7 heteroatoms. The quantitative estimate of drug-likeness (QED) is 0.818. The monoisotopic (exact) mass is 258 g/mol. The van der Waals surface area contributed by atoms with E-state index in [1.165, 1.54) is 18.2 Å². The van der Waals surface area contributed by atoms with Crippen molar-refractivity contribution >= 4 is 21.8 Å². The molecule has 0 fully saturated rings. The Hall–Kier alpha value is -1.76. The highest BCUT2D eigenvalue weighted by Gasteiger charge is 2.27. The number of carbonyl (C=O) groups is 1.